The number of aromatic nitrogens is 1. The highest BCUT2D eigenvalue weighted by molar-refractivity contribution is 8.00. The van der Waals surface area contributed by atoms with Gasteiger partial charge in [0, 0.05) is 5.56 Å². The second-order valence-corrected chi connectivity index (χ2v) is 5.91. The van der Waals surface area contributed by atoms with E-state index < -0.39 is 11.2 Å². The van der Waals surface area contributed by atoms with E-state index in [4.69, 9.17) is 5.11 Å². The van der Waals surface area contributed by atoms with Crippen LogP contribution in [0.3, 0.4) is 0 Å². The van der Waals surface area contributed by atoms with E-state index in [-0.39, 0.29) is 0 Å². The topological polar surface area (TPSA) is 74.0 Å². The maximum atomic E-state index is 11.0. The van der Waals surface area contributed by atoms with Crippen LogP contribution in [0.2, 0.25) is 0 Å². The van der Waals surface area contributed by atoms with Gasteiger partial charge in [-0.25, -0.2) is 4.98 Å². The lowest BCUT2D eigenvalue weighted by Crippen LogP contribution is -2.12. The Bertz CT molecular complexity index is 708. The standard InChI is InChI=1S/C16H14N2O2S/c1-10-8-13(9-17)15(21-11(2)16(19)20)18-14(10)12-6-4-3-5-7-12/h3-8,11H,1-2H3,(H,19,20). The number of thioether (sulfide) groups is 1. The molecule has 2 rings (SSSR count). The molecule has 0 aliphatic rings. The fourth-order valence-corrected chi connectivity index (χ4v) is 2.68. The van der Waals surface area contributed by atoms with Crippen LogP contribution >= 0.6 is 11.8 Å². The van der Waals surface area contributed by atoms with Crippen LogP contribution in [0.1, 0.15) is 18.1 Å². The van der Waals surface area contributed by atoms with Crippen LogP contribution in [0, 0.1) is 18.3 Å². The van der Waals surface area contributed by atoms with E-state index in [0.29, 0.717) is 10.6 Å². The minimum absolute atomic E-state index is 0.408. The van der Waals surface area contributed by atoms with Crippen molar-refractivity contribution in [3.8, 4) is 17.3 Å². The lowest BCUT2D eigenvalue weighted by atomic mass is 10.1. The fourth-order valence-electron chi connectivity index (χ4n) is 1.87. The number of nitrogens with zero attached hydrogens (tertiary/aromatic N) is 2. The summed E-state index contributed by atoms with van der Waals surface area (Å²) in [5, 5.41) is 18.0. The third kappa shape index (κ3) is 3.41. The van der Waals surface area contributed by atoms with E-state index in [9.17, 15) is 10.1 Å². The molecule has 1 heterocycles. The van der Waals surface area contributed by atoms with Crippen LogP contribution in [0.4, 0.5) is 0 Å². The molecule has 1 unspecified atom stereocenters. The molecule has 0 aliphatic heterocycles. The van der Waals surface area contributed by atoms with Gasteiger partial charge in [0.1, 0.15) is 16.3 Å². The number of benzene rings is 1. The molecule has 0 spiro atoms. The number of pyridine rings is 1. The molecule has 5 heteroatoms. The molecular formula is C16H14N2O2S. The van der Waals surface area contributed by atoms with Crippen LogP contribution < -0.4 is 0 Å². The maximum absolute atomic E-state index is 11.0. The number of aryl methyl sites for hydroxylation is 1. The molecule has 0 bridgehead atoms. The highest BCUT2D eigenvalue weighted by Gasteiger charge is 2.18. The number of hydrogen-bond donors (Lipinski definition) is 1. The van der Waals surface area contributed by atoms with Gasteiger partial charge in [-0.3, -0.25) is 4.79 Å². The third-order valence-corrected chi connectivity index (χ3v) is 4.07. The average molecular weight is 298 g/mol. The Hall–Kier alpha value is -2.32. The van der Waals surface area contributed by atoms with E-state index >= 15 is 0 Å². The Kier molecular flexibility index (Phi) is 4.61. The van der Waals surface area contributed by atoms with Crippen molar-refractivity contribution in [2.45, 2.75) is 24.1 Å². The molecule has 1 atom stereocenters. The Balaban J connectivity index is 2.50. The predicted octanol–water partition coefficient (Wildman–Crippen LogP) is 3.49. The number of hydrogen-bond acceptors (Lipinski definition) is 4. The number of carboxylic acids is 1. The summed E-state index contributed by atoms with van der Waals surface area (Å²) >= 11 is 1.09. The van der Waals surface area contributed by atoms with E-state index in [1.807, 2.05) is 37.3 Å². The molecule has 21 heavy (non-hydrogen) atoms. The van der Waals surface area contributed by atoms with Crippen LogP contribution in [0.15, 0.2) is 41.4 Å². The molecule has 1 N–H and O–H groups in total. The summed E-state index contributed by atoms with van der Waals surface area (Å²) in [6.07, 6.45) is 0. The van der Waals surface area contributed by atoms with Gasteiger partial charge in [-0.15, -0.1) is 0 Å². The van der Waals surface area contributed by atoms with Gasteiger partial charge in [-0.1, -0.05) is 42.1 Å². The summed E-state index contributed by atoms with van der Waals surface area (Å²) in [5.74, 6) is -0.924. The van der Waals surface area contributed by atoms with Crippen molar-refractivity contribution >= 4 is 17.7 Å². The first-order valence-corrected chi connectivity index (χ1v) is 7.27. The van der Waals surface area contributed by atoms with Crippen LogP contribution in [0.25, 0.3) is 11.3 Å². The molecule has 4 nitrogen and oxygen atoms in total. The Morgan fingerprint density at radius 3 is 2.62 bits per heavy atom. The second kappa shape index (κ2) is 6.42. The van der Waals surface area contributed by atoms with E-state index in [1.165, 1.54) is 0 Å². The summed E-state index contributed by atoms with van der Waals surface area (Å²) in [7, 11) is 0. The lowest BCUT2D eigenvalue weighted by Gasteiger charge is -2.11. The lowest BCUT2D eigenvalue weighted by molar-refractivity contribution is -0.136. The van der Waals surface area contributed by atoms with Gasteiger partial charge in [0.25, 0.3) is 0 Å². The zero-order chi connectivity index (χ0) is 15.4. The van der Waals surface area contributed by atoms with Crippen molar-refractivity contribution in [2.75, 3.05) is 0 Å². The summed E-state index contributed by atoms with van der Waals surface area (Å²) in [6.45, 7) is 3.48. The quantitative estimate of drug-likeness (QED) is 0.874. The first-order chi connectivity index (χ1) is 10.0. The minimum atomic E-state index is -0.924. The first kappa shape index (κ1) is 15.1. The van der Waals surface area contributed by atoms with Crippen LogP contribution in [0.5, 0.6) is 0 Å². The predicted molar refractivity (Wildman–Crippen MR) is 82.1 cm³/mol. The normalized spacial score (nSPS) is 11.7. The zero-order valence-corrected chi connectivity index (χ0v) is 12.5. The van der Waals surface area contributed by atoms with Gasteiger partial charge in [0.2, 0.25) is 0 Å². The highest BCUT2D eigenvalue weighted by atomic mass is 32.2. The summed E-state index contributed by atoms with van der Waals surface area (Å²) in [5.41, 5.74) is 3.02. The third-order valence-electron chi connectivity index (χ3n) is 2.98. The molecule has 106 valence electrons. The molecule has 0 fully saturated rings. The second-order valence-electron chi connectivity index (χ2n) is 4.58. The number of rotatable bonds is 4. The molecule has 2 aromatic rings. The summed E-state index contributed by atoms with van der Waals surface area (Å²) in [6, 6.07) is 13.5. The molecule has 0 aliphatic carbocycles. The Morgan fingerprint density at radius 2 is 2.05 bits per heavy atom. The van der Waals surface area contributed by atoms with Gasteiger partial charge in [0.15, 0.2) is 0 Å². The number of nitriles is 1. The number of carbonyl (C=O) groups is 1. The maximum Gasteiger partial charge on any atom is 0.316 e. The highest BCUT2D eigenvalue weighted by Crippen LogP contribution is 2.30. The molecule has 0 saturated carbocycles. The molecule has 1 aromatic carbocycles. The smallest absolute Gasteiger partial charge is 0.316 e. The molecule has 0 amide bonds. The SMILES string of the molecule is Cc1cc(C#N)c(SC(C)C(=O)O)nc1-c1ccccc1. The number of carboxylic acid groups (broad SMARTS) is 1. The van der Waals surface area contributed by atoms with Crippen LogP contribution in [-0.4, -0.2) is 21.3 Å². The van der Waals surface area contributed by atoms with Gasteiger partial charge < -0.3 is 5.11 Å². The van der Waals surface area contributed by atoms with Crippen molar-refractivity contribution in [1.82, 2.24) is 4.98 Å². The van der Waals surface area contributed by atoms with Crippen molar-refractivity contribution in [1.29, 1.82) is 5.26 Å². The van der Waals surface area contributed by atoms with E-state index in [1.54, 1.807) is 13.0 Å². The average Bonchev–Trinajstić information content (AvgIpc) is 2.49. The monoisotopic (exact) mass is 298 g/mol. The Morgan fingerprint density at radius 1 is 1.38 bits per heavy atom. The number of aliphatic carboxylic acids is 1. The van der Waals surface area contributed by atoms with Crippen molar-refractivity contribution in [3.05, 3.63) is 47.5 Å². The largest absolute Gasteiger partial charge is 0.480 e. The molecule has 0 radical (unpaired) electrons. The summed E-state index contributed by atoms with van der Waals surface area (Å²) in [4.78, 5) is 15.5. The Labute approximate surface area is 127 Å². The van der Waals surface area contributed by atoms with Crippen molar-refractivity contribution < 1.29 is 9.90 Å². The fraction of sp³-hybridized carbons (Fsp3) is 0.188. The first-order valence-electron chi connectivity index (χ1n) is 6.39. The van der Waals surface area contributed by atoms with Crippen molar-refractivity contribution in [2.24, 2.45) is 0 Å². The summed E-state index contributed by atoms with van der Waals surface area (Å²) < 4.78 is 0. The molecular weight excluding hydrogens is 284 g/mol. The molecule has 1 aromatic heterocycles. The molecule has 0 saturated heterocycles. The van der Waals surface area contributed by atoms with Crippen LogP contribution in [-0.2, 0) is 4.79 Å². The van der Waals surface area contributed by atoms with E-state index in [0.717, 1.165) is 28.6 Å². The minimum Gasteiger partial charge on any atom is -0.480 e. The van der Waals surface area contributed by atoms with Gasteiger partial charge >= 0.3 is 5.97 Å². The van der Waals surface area contributed by atoms with Gasteiger partial charge in [-0.2, -0.15) is 5.26 Å². The zero-order valence-electron chi connectivity index (χ0n) is 11.7. The van der Waals surface area contributed by atoms with Gasteiger partial charge in [-0.05, 0) is 25.5 Å². The van der Waals surface area contributed by atoms with Gasteiger partial charge in [0.05, 0.1) is 11.3 Å². The van der Waals surface area contributed by atoms with Crippen molar-refractivity contribution in [3.63, 3.8) is 0 Å². The van der Waals surface area contributed by atoms with E-state index in [2.05, 4.69) is 11.1 Å².